The number of carbonyl (C=O) groups excluding carboxylic acids is 1. The number of aromatic nitrogens is 6. The molecule has 0 aliphatic rings. The zero-order valence-electron chi connectivity index (χ0n) is 15.9. The summed E-state index contributed by atoms with van der Waals surface area (Å²) in [5, 5.41) is 11.2. The largest absolute Gasteiger partial charge is 0.302 e. The average molecular weight is 395 g/mol. The Morgan fingerprint density at radius 1 is 0.967 bits per heavy atom. The van der Waals surface area contributed by atoms with Gasteiger partial charge >= 0.3 is 0 Å². The molecule has 5 rings (SSSR count). The Morgan fingerprint density at radius 3 is 2.67 bits per heavy atom. The number of pyridine rings is 1. The molecule has 2 aromatic carbocycles. The van der Waals surface area contributed by atoms with E-state index in [1.807, 2.05) is 71.3 Å². The van der Waals surface area contributed by atoms with Crippen LogP contribution in [-0.4, -0.2) is 35.5 Å². The highest BCUT2D eigenvalue weighted by Crippen LogP contribution is 2.21. The molecule has 146 valence electrons. The maximum atomic E-state index is 13.6. The molecule has 0 spiro atoms. The molecule has 0 bridgehead atoms. The van der Waals surface area contributed by atoms with E-state index in [1.165, 1.54) is 11.0 Å². The topological polar surface area (TPSA) is 81.2 Å². The van der Waals surface area contributed by atoms with E-state index in [0.717, 1.165) is 17.0 Å². The summed E-state index contributed by atoms with van der Waals surface area (Å²) in [7, 11) is 0. The van der Waals surface area contributed by atoms with Crippen LogP contribution >= 0.6 is 0 Å². The van der Waals surface area contributed by atoms with E-state index in [9.17, 15) is 4.79 Å². The van der Waals surface area contributed by atoms with Gasteiger partial charge in [-0.15, -0.1) is 5.10 Å². The zero-order chi connectivity index (χ0) is 20.3. The van der Waals surface area contributed by atoms with Crippen molar-refractivity contribution in [3.05, 3.63) is 103 Å². The van der Waals surface area contributed by atoms with Crippen LogP contribution in [0, 0.1) is 0 Å². The molecule has 0 saturated carbocycles. The Morgan fingerprint density at radius 2 is 1.83 bits per heavy atom. The molecular formula is C22H17N7O. The molecule has 1 amide bonds. The number of tetrazole rings is 1. The summed E-state index contributed by atoms with van der Waals surface area (Å²) in [5.41, 5.74) is 3.82. The van der Waals surface area contributed by atoms with Crippen molar-refractivity contribution in [2.24, 2.45) is 0 Å². The molecule has 0 N–H and O–H groups in total. The van der Waals surface area contributed by atoms with Crippen LogP contribution in [-0.2, 0) is 6.54 Å². The number of anilines is 1. The van der Waals surface area contributed by atoms with Gasteiger partial charge in [0, 0.05) is 17.4 Å². The summed E-state index contributed by atoms with van der Waals surface area (Å²) in [6.07, 6.45) is 5.25. The second-order valence-corrected chi connectivity index (χ2v) is 6.71. The summed E-state index contributed by atoms with van der Waals surface area (Å²) in [5.74, 6) is -0.123. The van der Waals surface area contributed by atoms with Crippen molar-refractivity contribution in [1.29, 1.82) is 0 Å². The van der Waals surface area contributed by atoms with Gasteiger partial charge in [0.1, 0.15) is 12.0 Å². The van der Waals surface area contributed by atoms with Crippen molar-refractivity contribution >= 4 is 17.2 Å². The Labute approximate surface area is 172 Å². The van der Waals surface area contributed by atoms with Gasteiger partial charge in [0.25, 0.3) is 5.91 Å². The minimum atomic E-state index is -0.123. The first-order valence-corrected chi connectivity index (χ1v) is 9.41. The molecule has 3 heterocycles. The fourth-order valence-corrected chi connectivity index (χ4v) is 3.37. The van der Waals surface area contributed by atoms with Gasteiger partial charge in [-0.3, -0.25) is 4.79 Å². The first-order chi connectivity index (χ1) is 14.8. The lowest BCUT2D eigenvalue weighted by Gasteiger charge is -2.23. The Balaban J connectivity index is 1.54. The van der Waals surface area contributed by atoms with Crippen LogP contribution in [0.4, 0.5) is 5.69 Å². The summed E-state index contributed by atoms with van der Waals surface area (Å²) in [6, 6.07) is 22.7. The van der Waals surface area contributed by atoms with Crippen molar-refractivity contribution in [2.75, 3.05) is 4.90 Å². The molecule has 5 aromatic rings. The summed E-state index contributed by atoms with van der Waals surface area (Å²) in [4.78, 5) is 19.8. The number of rotatable bonds is 5. The van der Waals surface area contributed by atoms with Gasteiger partial charge in [-0.2, -0.15) is 0 Å². The minimum absolute atomic E-state index is 0.123. The third-order valence-corrected chi connectivity index (χ3v) is 4.83. The number of nitrogens with zero attached hydrogens (tertiary/aromatic N) is 7. The fourth-order valence-electron chi connectivity index (χ4n) is 3.37. The predicted octanol–water partition coefficient (Wildman–Crippen LogP) is 3.16. The molecule has 0 atom stereocenters. The third kappa shape index (κ3) is 3.30. The quantitative estimate of drug-likeness (QED) is 0.457. The summed E-state index contributed by atoms with van der Waals surface area (Å²) >= 11 is 0. The summed E-state index contributed by atoms with van der Waals surface area (Å²) < 4.78 is 3.51. The second kappa shape index (κ2) is 7.59. The highest BCUT2D eigenvalue weighted by molar-refractivity contribution is 6.06. The van der Waals surface area contributed by atoms with Crippen molar-refractivity contribution in [3.63, 3.8) is 0 Å². The van der Waals surface area contributed by atoms with Gasteiger partial charge < -0.3 is 9.30 Å². The lowest BCUT2D eigenvalue weighted by atomic mass is 10.1. The molecule has 8 heteroatoms. The maximum absolute atomic E-state index is 13.6. The van der Waals surface area contributed by atoms with E-state index >= 15 is 0 Å². The van der Waals surface area contributed by atoms with E-state index in [1.54, 1.807) is 23.2 Å². The van der Waals surface area contributed by atoms with Crippen molar-refractivity contribution in [3.8, 4) is 5.69 Å². The van der Waals surface area contributed by atoms with Crippen molar-refractivity contribution < 1.29 is 4.79 Å². The highest BCUT2D eigenvalue weighted by atomic mass is 16.2. The Kier molecular flexibility index (Phi) is 4.49. The van der Waals surface area contributed by atoms with Crippen molar-refractivity contribution in [2.45, 2.75) is 6.54 Å². The van der Waals surface area contributed by atoms with Crippen LogP contribution in [0.3, 0.4) is 0 Å². The third-order valence-electron chi connectivity index (χ3n) is 4.83. The number of hydrogen-bond acceptors (Lipinski definition) is 5. The standard InChI is InChI=1S/C22H17N7O/c30-22(17-7-6-10-19(13-17)29-16-24-25-26-29)28(18-8-2-1-3-9-18)15-20-14-23-21-11-4-5-12-27(20)21/h1-14,16H,15H2. The smallest absolute Gasteiger partial charge is 0.258 e. The Hall–Kier alpha value is -4.33. The molecule has 0 unspecified atom stereocenters. The van der Waals surface area contributed by atoms with Crippen LogP contribution in [0.1, 0.15) is 16.1 Å². The molecule has 0 aliphatic carbocycles. The average Bonchev–Trinajstić information content (AvgIpc) is 3.48. The molecule has 30 heavy (non-hydrogen) atoms. The molecule has 0 aliphatic heterocycles. The van der Waals surface area contributed by atoms with Gasteiger partial charge in [0.05, 0.1) is 24.1 Å². The number of imidazole rings is 1. The SMILES string of the molecule is O=C(c1cccc(-n2cnnn2)c1)N(Cc1cnc2ccccn12)c1ccccc1. The monoisotopic (exact) mass is 395 g/mol. The molecule has 0 fully saturated rings. The summed E-state index contributed by atoms with van der Waals surface area (Å²) in [6.45, 7) is 0.378. The van der Waals surface area contributed by atoms with Crippen LogP contribution in [0.5, 0.6) is 0 Å². The molecular weight excluding hydrogens is 378 g/mol. The van der Waals surface area contributed by atoms with E-state index in [2.05, 4.69) is 20.5 Å². The van der Waals surface area contributed by atoms with E-state index in [-0.39, 0.29) is 5.91 Å². The number of amides is 1. The van der Waals surface area contributed by atoms with Crippen LogP contribution in [0.15, 0.2) is 91.5 Å². The zero-order valence-corrected chi connectivity index (χ0v) is 15.9. The molecule has 3 aromatic heterocycles. The maximum Gasteiger partial charge on any atom is 0.258 e. The van der Waals surface area contributed by atoms with Crippen LogP contribution in [0.25, 0.3) is 11.3 Å². The van der Waals surface area contributed by atoms with Gasteiger partial charge in [-0.05, 0) is 52.9 Å². The number of benzene rings is 2. The highest BCUT2D eigenvalue weighted by Gasteiger charge is 2.20. The van der Waals surface area contributed by atoms with Gasteiger partial charge in [-0.1, -0.05) is 30.3 Å². The van der Waals surface area contributed by atoms with Gasteiger partial charge in [0.15, 0.2) is 0 Å². The van der Waals surface area contributed by atoms with Gasteiger partial charge in [-0.25, -0.2) is 9.67 Å². The molecule has 8 nitrogen and oxygen atoms in total. The first kappa shape index (κ1) is 17.7. The fraction of sp³-hybridized carbons (Fsp3) is 0.0455. The number of hydrogen-bond donors (Lipinski definition) is 0. The van der Waals surface area contributed by atoms with Crippen molar-refractivity contribution in [1.82, 2.24) is 29.6 Å². The Bertz CT molecular complexity index is 1300. The second-order valence-electron chi connectivity index (χ2n) is 6.71. The first-order valence-electron chi connectivity index (χ1n) is 9.41. The number of fused-ring (bicyclic) bond motifs is 1. The number of carbonyl (C=O) groups is 1. The molecule has 0 radical (unpaired) electrons. The van der Waals surface area contributed by atoms with Gasteiger partial charge in [0.2, 0.25) is 0 Å². The predicted molar refractivity (Wildman–Crippen MR) is 111 cm³/mol. The minimum Gasteiger partial charge on any atom is -0.302 e. The van der Waals surface area contributed by atoms with E-state index in [0.29, 0.717) is 17.8 Å². The van der Waals surface area contributed by atoms with Crippen LogP contribution < -0.4 is 4.90 Å². The van der Waals surface area contributed by atoms with Crippen LogP contribution in [0.2, 0.25) is 0 Å². The van der Waals surface area contributed by atoms with E-state index < -0.39 is 0 Å². The lowest BCUT2D eigenvalue weighted by molar-refractivity contribution is 0.0984. The molecule has 0 saturated heterocycles. The normalized spacial score (nSPS) is 10.9. The number of para-hydroxylation sites is 1. The lowest BCUT2D eigenvalue weighted by Crippen LogP contribution is -2.31. The van der Waals surface area contributed by atoms with E-state index in [4.69, 9.17) is 0 Å².